The van der Waals surface area contributed by atoms with E-state index < -0.39 is 0 Å². The van der Waals surface area contributed by atoms with E-state index in [9.17, 15) is 4.79 Å². The molecule has 0 radical (unpaired) electrons. The quantitative estimate of drug-likeness (QED) is 0.616. The monoisotopic (exact) mass is 365 g/mol. The van der Waals surface area contributed by atoms with Gasteiger partial charge in [-0.1, -0.05) is 6.07 Å². The number of benzene rings is 2. The number of nitrogens with zero attached hydrogens (tertiary/aromatic N) is 1. The lowest BCUT2D eigenvalue weighted by Crippen LogP contribution is -2.22. The van der Waals surface area contributed by atoms with Crippen molar-refractivity contribution >= 4 is 17.3 Å². The van der Waals surface area contributed by atoms with Gasteiger partial charge < -0.3 is 14.4 Å². The van der Waals surface area contributed by atoms with Gasteiger partial charge in [-0.15, -0.1) is 0 Å². The molecule has 2 fully saturated rings. The number of hydrogen-bond acceptors (Lipinski definition) is 4. The minimum Gasteiger partial charge on any atom is -0.465 e. The molecule has 4 heteroatoms. The summed E-state index contributed by atoms with van der Waals surface area (Å²) in [5.41, 5.74) is 5.81. The van der Waals surface area contributed by atoms with Crippen molar-refractivity contribution in [2.24, 2.45) is 0 Å². The van der Waals surface area contributed by atoms with Crippen molar-refractivity contribution in [2.45, 2.75) is 37.5 Å². The third-order valence-electron chi connectivity index (χ3n) is 5.49. The third-order valence-corrected chi connectivity index (χ3v) is 5.49. The van der Waals surface area contributed by atoms with Gasteiger partial charge in [0.1, 0.15) is 0 Å². The number of hydrogen-bond donors (Lipinski definition) is 0. The lowest BCUT2D eigenvalue weighted by atomic mass is 10.0. The smallest absolute Gasteiger partial charge is 0.337 e. The van der Waals surface area contributed by atoms with Crippen LogP contribution in [0.1, 0.15) is 59.0 Å². The molecule has 27 heavy (non-hydrogen) atoms. The molecular formula is C23H27NO3. The van der Waals surface area contributed by atoms with Crippen LogP contribution in [0.15, 0.2) is 42.5 Å². The standard InChI is InChI=1S/C23H27NO3/c1-26-12-11-24(21-9-7-18(8-10-21)23(25)27-2)22-14-19(16-3-4-16)13-20(15-22)17-5-6-17/h7-10,13-17H,3-6,11-12H2,1-2H3. The van der Waals surface area contributed by atoms with Crippen LogP contribution in [0.5, 0.6) is 0 Å². The zero-order valence-electron chi connectivity index (χ0n) is 16.1. The summed E-state index contributed by atoms with van der Waals surface area (Å²) >= 11 is 0. The predicted molar refractivity (Wildman–Crippen MR) is 107 cm³/mol. The Morgan fingerprint density at radius 1 is 0.926 bits per heavy atom. The van der Waals surface area contributed by atoms with Crippen LogP contribution in [0.3, 0.4) is 0 Å². The van der Waals surface area contributed by atoms with Gasteiger partial charge in [-0.3, -0.25) is 0 Å². The topological polar surface area (TPSA) is 38.8 Å². The molecule has 2 saturated carbocycles. The Bertz CT molecular complexity index is 777. The number of rotatable bonds is 8. The van der Waals surface area contributed by atoms with Gasteiger partial charge in [-0.2, -0.15) is 0 Å². The number of carbonyl (C=O) groups is 1. The molecular weight excluding hydrogens is 338 g/mol. The fourth-order valence-electron chi connectivity index (χ4n) is 3.60. The highest BCUT2D eigenvalue weighted by Gasteiger charge is 2.29. The van der Waals surface area contributed by atoms with E-state index in [-0.39, 0.29) is 5.97 Å². The van der Waals surface area contributed by atoms with Crippen molar-refractivity contribution in [3.8, 4) is 0 Å². The minimum absolute atomic E-state index is 0.309. The first-order chi connectivity index (χ1) is 13.2. The van der Waals surface area contributed by atoms with Crippen LogP contribution < -0.4 is 4.90 Å². The summed E-state index contributed by atoms with van der Waals surface area (Å²) in [5.74, 6) is 1.15. The van der Waals surface area contributed by atoms with Gasteiger partial charge in [-0.05, 0) is 85.0 Å². The zero-order chi connectivity index (χ0) is 18.8. The van der Waals surface area contributed by atoms with Crippen LogP contribution >= 0.6 is 0 Å². The van der Waals surface area contributed by atoms with E-state index >= 15 is 0 Å². The van der Waals surface area contributed by atoms with E-state index in [1.165, 1.54) is 49.6 Å². The maximum Gasteiger partial charge on any atom is 0.337 e. The molecule has 142 valence electrons. The third kappa shape index (κ3) is 4.16. The van der Waals surface area contributed by atoms with E-state index in [0.717, 1.165) is 24.1 Å². The lowest BCUT2D eigenvalue weighted by molar-refractivity contribution is 0.0601. The Morgan fingerprint density at radius 3 is 2.00 bits per heavy atom. The van der Waals surface area contributed by atoms with Crippen molar-refractivity contribution in [2.75, 3.05) is 32.3 Å². The second-order valence-electron chi connectivity index (χ2n) is 7.59. The summed E-state index contributed by atoms with van der Waals surface area (Å²) in [4.78, 5) is 14.0. The highest BCUT2D eigenvalue weighted by Crippen LogP contribution is 2.47. The molecule has 0 spiro atoms. The van der Waals surface area contributed by atoms with Crippen LogP contribution in [0, 0.1) is 0 Å². The summed E-state index contributed by atoms with van der Waals surface area (Å²) in [6.07, 6.45) is 5.22. The molecule has 0 aromatic heterocycles. The second kappa shape index (κ2) is 7.73. The lowest BCUT2D eigenvalue weighted by Gasteiger charge is -2.26. The van der Waals surface area contributed by atoms with Crippen LogP contribution in [-0.4, -0.2) is 33.3 Å². The van der Waals surface area contributed by atoms with Crippen molar-refractivity contribution in [3.05, 3.63) is 59.2 Å². The second-order valence-corrected chi connectivity index (χ2v) is 7.59. The number of methoxy groups -OCH3 is 2. The fraction of sp³-hybridized carbons (Fsp3) is 0.435. The van der Waals surface area contributed by atoms with Crippen molar-refractivity contribution in [1.82, 2.24) is 0 Å². The van der Waals surface area contributed by atoms with E-state index in [4.69, 9.17) is 9.47 Å². The Morgan fingerprint density at radius 2 is 1.52 bits per heavy atom. The maximum absolute atomic E-state index is 11.7. The van der Waals surface area contributed by atoms with Gasteiger partial charge in [0, 0.05) is 25.0 Å². The van der Waals surface area contributed by atoms with Crippen LogP contribution in [0.4, 0.5) is 11.4 Å². The molecule has 0 atom stereocenters. The normalized spacial score (nSPS) is 16.2. The average Bonchev–Trinajstić information content (AvgIpc) is 3.60. The van der Waals surface area contributed by atoms with Gasteiger partial charge in [0.25, 0.3) is 0 Å². The molecule has 0 N–H and O–H groups in total. The van der Waals surface area contributed by atoms with Crippen molar-refractivity contribution in [3.63, 3.8) is 0 Å². The summed E-state index contributed by atoms with van der Waals surface area (Å²) in [6, 6.07) is 14.7. The highest BCUT2D eigenvalue weighted by atomic mass is 16.5. The van der Waals surface area contributed by atoms with E-state index in [1.54, 1.807) is 7.11 Å². The summed E-state index contributed by atoms with van der Waals surface area (Å²) in [6.45, 7) is 1.41. The maximum atomic E-state index is 11.7. The molecule has 2 aliphatic rings. The summed E-state index contributed by atoms with van der Waals surface area (Å²) in [5, 5.41) is 0. The van der Waals surface area contributed by atoms with E-state index in [2.05, 4.69) is 23.1 Å². The molecule has 4 nitrogen and oxygen atoms in total. The molecule has 2 aliphatic carbocycles. The van der Waals surface area contributed by atoms with E-state index in [1.807, 2.05) is 24.3 Å². The molecule has 0 aliphatic heterocycles. The van der Waals surface area contributed by atoms with Crippen molar-refractivity contribution in [1.29, 1.82) is 0 Å². The number of anilines is 2. The molecule has 2 aromatic rings. The molecule has 0 unspecified atom stereocenters. The average molecular weight is 365 g/mol. The molecule has 0 heterocycles. The Kier molecular flexibility index (Phi) is 5.17. The van der Waals surface area contributed by atoms with E-state index in [0.29, 0.717) is 12.2 Å². The van der Waals surface area contributed by atoms with Gasteiger partial charge >= 0.3 is 5.97 Å². The van der Waals surface area contributed by atoms with Gasteiger partial charge in [-0.25, -0.2) is 4.79 Å². The molecule has 0 amide bonds. The summed E-state index contributed by atoms with van der Waals surface area (Å²) in [7, 11) is 3.14. The number of carbonyl (C=O) groups excluding carboxylic acids is 1. The minimum atomic E-state index is -0.309. The highest BCUT2D eigenvalue weighted by molar-refractivity contribution is 5.89. The Hall–Kier alpha value is -2.33. The van der Waals surface area contributed by atoms with Crippen LogP contribution in [0.25, 0.3) is 0 Å². The molecule has 0 bridgehead atoms. The van der Waals surface area contributed by atoms with Gasteiger partial charge in [0.2, 0.25) is 0 Å². The van der Waals surface area contributed by atoms with Gasteiger partial charge in [0.05, 0.1) is 19.3 Å². The summed E-state index contributed by atoms with van der Waals surface area (Å²) < 4.78 is 10.2. The first kappa shape index (κ1) is 18.1. The molecule has 2 aromatic carbocycles. The van der Waals surface area contributed by atoms with Crippen molar-refractivity contribution < 1.29 is 14.3 Å². The van der Waals surface area contributed by atoms with Crippen LogP contribution in [0.2, 0.25) is 0 Å². The number of ether oxygens (including phenoxy) is 2. The fourth-order valence-corrected chi connectivity index (χ4v) is 3.60. The largest absolute Gasteiger partial charge is 0.465 e. The SMILES string of the molecule is COCCN(c1ccc(C(=O)OC)cc1)c1cc(C2CC2)cc(C2CC2)c1. The van der Waals surface area contributed by atoms with Crippen LogP contribution in [-0.2, 0) is 9.47 Å². The molecule has 4 rings (SSSR count). The Balaban J connectivity index is 1.68. The first-order valence-corrected chi connectivity index (χ1v) is 9.79. The zero-order valence-corrected chi connectivity index (χ0v) is 16.1. The molecule has 0 saturated heterocycles. The Labute approximate surface area is 161 Å². The predicted octanol–water partition coefficient (Wildman–Crippen LogP) is 5.01. The van der Waals surface area contributed by atoms with Gasteiger partial charge in [0.15, 0.2) is 0 Å². The first-order valence-electron chi connectivity index (χ1n) is 9.79. The number of esters is 1.